The first kappa shape index (κ1) is 12.6. The molecule has 1 aromatic heterocycles. The highest BCUT2D eigenvalue weighted by atomic mass is 79.9. The highest BCUT2D eigenvalue weighted by Gasteiger charge is 2.27. The van der Waals surface area contributed by atoms with Gasteiger partial charge in [-0.3, -0.25) is 0 Å². The monoisotopic (exact) mass is 298 g/mol. The smallest absolute Gasteiger partial charge is 0.146 e. The van der Waals surface area contributed by atoms with Gasteiger partial charge in [-0.1, -0.05) is 19.3 Å². The molecule has 1 aliphatic carbocycles. The molecule has 5 heteroatoms. The zero-order valence-corrected chi connectivity index (χ0v) is 12.0. The average Bonchev–Trinajstić information content (AvgIpc) is 2.32. The van der Waals surface area contributed by atoms with E-state index in [0.717, 1.165) is 16.1 Å². The van der Waals surface area contributed by atoms with Gasteiger partial charge in [-0.05, 0) is 35.7 Å². The quantitative estimate of drug-likeness (QED) is 0.898. The molecule has 1 heterocycles. The van der Waals surface area contributed by atoms with Crippen molar-refractivity contribution in [2.45, 2.75) is 44.6 Å². The fourth-order valence-electron chi connectivity index (χ4n) is 2.37. The number of hydrogen-bond acceptors (Lipinski definition) is 4. The molecule has 0 atom stereocenters. The lowest BCUT2D eigenvalue weighted by Gasteiger charge is -2.35. The molecule has 17 heavy (non-hydrogen) atoms. The van der Waals surface area contributed by atoms with Gasteiger partial charge >= 0.3 is 0 Å². The van der Waals surface area contributed by atoms with Crippen LogP contribution in [-0.2, 0) is 0 Å². The van der Waals surface area contributed by atoms with Gasteiger partial charge in [-0.2, -0.15) is 0 Å². The summed E-state index contributed by atoms with van der Waals surface area (Å²) in [5, 5.41) is 6.61. The van der Waals surface area contributed by atoms with Crippen LogP contribution < -0.4 is 10.6 Å². The normalized spacial score (nSPS) is 18.8. The zero-order valence-electron chi connectivity index (χ0n) is 10.4. The van der Waals surface area contributed by atoms with Crippen molar-refractivity contribution >= 4 is 27.6 Å². The van der Waals surface area contributed by atoms with E-state index in [0.29, 0.717) is 0 Å². The van der Waals surface area contributed by atoms with Crippen molar-refractivity contribution in [3.05, 3.63) is 10.8 Å². The Morgan fingerprint density at radius 1 is 1.18 bits per heavy atom. The third kappa shape index (κ3) is 2.89. The molecule has 4 nitrogen and oxygen atoms in total. The van der Waals surface area contributed by atoms with Gasteiger partial charge in [0.1, 0.15) is 22.4 Å². The van der Waals surface area contributed by atoms with Crippen LogP contribution >= 0.6 is 15.9 Å². The first-order valence-electron chi connectivity index (χ1n) is 6.11. The molecule has 1 aliphatic rings. The molecule has 1 aromatic rings. The summed E-state index contributed by atoms with van der Waals surface area (Å²) in [4.78, 5) is 8.48. The molecule has 0 radical (unpaired) electrons. The van der Waals surface area contributed by atoms with Crippen LogP contribution in [0.25, 0.3) is 0 Å². The number of nitrogens with zero attached hydrogens (tertiary/aromatic N) is 2. The van der Waals surface area contributed by atoms with Crippen molar-refractivity contribution in [3.63, 3.8) is 0 Å². The Morgan fingerprint density at radius 3 is 2.47 bits per heavy atom. The maximum absolute atomic E-state index is 4.32. The van der Waals surface area contributed by atoms with E-state index >= 15 is 0 Å². The minimum atomic E-state index is 0.167. The largest absolute Gasteiger partial charge is 0.372 e. The molecule has 1 fully saturated rings. The molecule has 0 aromatic carbocycles. The van der Waals surface area contributed by atoms with E-state index in [9.17, 15) is 0 Å². The van der Waals surface area contributed by atoms with E-state index in [-0.39, 0.29) is 5.54 Å². The summed E-state index contributed by atoms with van der Waals surface area (Å²) >= 11 is 3.54. The molecule has 2 rings (SSSR count). The highest BCUT2D eigenvalue weighted by molar-refractivity contribution is 9.10. The van der Waals surface area contributed by atoms with Gasteiger partial charge < -0.3 is 10.6 Å². The Bertz CT molecular complexity index is 388. The van der Waals surface area contributed by atoms with Crippen molar-refractivity contribution in [1.29, 1.82) is 0 Å². The van der Waals surface area contributed by atoms with Crippen LogP contribution in [0.3, 0.4) is 0 Å². The van der Waals surface area contributed by atoms with Gasteiger partial charge in [0.25, 0.3) is 0 Å². The number of halogens is 1. The number of aromatic nitrogens is 2. The Hall–Kier alpha value is -0.840. The van der Waals surface area contributed by atoms with Crippen molar-refractivity contribution in [2.24, 2.45) is 0 Å². The van der Waals surface area contributed by atoms with E-state index in [4.69, 9.17) is 0 Å². The molecular formula is C12H19BrN4. The van der Waals surface area contributed by atoms with Crippen LogP contribution in [0.4, 0.5) is 11.6 Å². The fraction of sp³-hybridized carbons (Fsp3) is 0.667. The summed E-state index contributed by atoms with van der Waals surface area (Å²) in [5.74, 6) is 1.70. The maximum atomic E-state index is 4.32. The average molecular weight is 299 g/mol. The molecule has 0 saturated heterocycles. The first-order valence-corrected chi connectivity index (χ1v) is 6.90. The van der Waals surface area contributed by atoms with E-state index in [1.807, 2.05) is 7.05 Å². The topological polar surface area (TPSA) is 49.8 Å². The second-order valence-corrected chi connectivity index (χ2v) is 5.67. The van der Waals surface area contributed by atoms with E-state index < -0.39 is 0 Å². The summed E-state index contributed by atoms with van der Waals surface area (Å²) in [5.41, 5.74) is 0.167. The number of anilines is 2. The summed E-state index contributed by atoms with van der Waals surface area (Å²) < 4.78 is 0.911. The summed E-state index contributed by atoms with van der Waals surface area (Å²) in [6.45, 7) is 2.28. The Labute approximate surface area is 111 Å². The van der Waals surface area contributed by atoms with Crippen molar-refractivity contribution in [3.8, 4) is 0 Å². The second kappa shape index (κ2) is 5.21. The van der Waals surface area contributed by atoms with Crippen molar-refractivity contribution in [2.75, 3.05) is 17.7 Å². The molecule has 0 amide bonds. The lowest BCUT2D eigenvalue weighted by molar-refractivity contribution is 0.348. The van der Waals surface area contributed by atoms with Crippen molar-refractivity contribution in [1.82, 2.24) is 9.97 Å². The van der Waals surface area contributed by atoms with Crippen LogP contribution in [0.5, 0.6) is 0 Å². The van der Waals surface area contributed by atoms with Crippen molar-refractivity contribution < 1.29 is 0 Å². The predicted octanol–water partition coefficient (Wildman–Crippen LogP) is 3.42. The van der Waals surface area contributed by atoms with Gasteiger partial charge in [0.05, 0.1) is 0 Å². The maximum Gasteiger partial charge on any atom is 0.146 e. The van der Waals surface area contributed by atoms with Gasteiger partial charge in [0, 0.05) is 12.6 Å². The van der Waals surface area contributed by atoms with Crippen LogP contribution in [0.15, 0.2) is 10.8 Å². The second-order valence-electron chi connectivity index (χ2n) is 4.88. The van der Waals surface area contributed by atoms with Gasteiger partial charge in [-0.25, -0.2) is 9.97 Å². The standard InChI is InChI=1S/C12H19BrN4/c1-12(6-4-3-5-7-12)17-11-9(13)10(14-2)15-8-16-11/h8H,3-7H2,1-2H3,(H2,14,15,16,17). The molecule has 94 valence electrons. The zero-order chi connectivity index (χ0) is 12.3. The Morgan fingerprint density at radius 2 is 1.82 bits per heavy atom. The third-order valence-corrected chi connectivity index (χ3v) is 4.15. The Balaban J connectivity index is 2.17. The third-order valence-electron chi connectivity index (χ3n) is 3.40. The Kier molecular flexibility index (Phi) is 3.86. The first-order chi connectivity index (χ1) is 8.14. The molecule has 0 bridgehead atoms. The SMILES string of the molecule is CNc1ncnc(NC2(C)CCCCC2)c1Br. The van der Waals surface area contributed by atoms with Gasteiger partial charge in [0.2, 0.25) is 0 Å². The number of nitrogens with one attached hydrogen (secondary N) is 2. The summed E-state index contributed by atoms with van der Waals surface area (Å²) in [6.07, 6.45) is 7.95. The lowest BCUT2D eigenvalue weighted by Crippen LogP contribution is -2.37. The number of hydrogen-bond donors (Lipinski definition) is 2. The van der Waals surface area contributed by atoms with Crippen LogP contribution in [0, 0.1) is 0 Å². The minimum absolute atomic E-state index is 0.167. The van der Waals surface area contributed by atoms with Gasteiger partial charge in [0.15, 0.2) is 0 Å². The summed E-state index contributed by atoms with van der Waals surface area (Å²) in [6, 6.07) is 0. The molecule has 0 spiro atoms. The van der Waals surface area contributed by atoms with E-state index in [1.54, 1.807) is 6.33 Å². The van der Waals surface area contributed by atoms with Gasteiger partial charge in [-0.15, -0.1) is 0 Å². The predicted molar refractivity (Wildman–Crippen MR) is 74.4 cm³/mol. The molecule has 0 aliphatic heterocycles. The highest BCUT2D eigenvalue weighted by Crippen LogP contribution is 2.34. The van der Waals surface area contributed by atoms with Crippen LogP contribution in [-0.4, -0.2) is 22.6 Å². The molecule has 1 saturated carbocycles. The molecule has 2 N–H and O–H groups in total. The van der Waals surface area contributed by atoms with Crippen LogP contribution in [0.2, 0.25) is 0 Å². The molecule has 0 unspecified atom stereocenters. The summed E-state index contributed by atoms with van der Waals surface area (Å²) in [7, 11) is 1.86. The lowest BCUT2D eigenvalue weighted by atomic mass is 9.83. The van der Waals surface area contributed by atoms with Crippen LogP contribution in [0.1, 0.15) is 39.0 Å². The number of rotatable bonds is 3. The van der Waals surface area contributed by atoms with E-state index in [2.05, 4.69) is 43.5 Å². The molecular weight excluding hydrogens is 280 g/mol. The van der Waals surface area contributed by atoms with E-state index in [1.165, 1.54) is 32.1 Å². The minimum Gasteiger partial charge on any atom is -0.372 e. The fourth-order valence-corrected chi connectivity index (χ4v) is 2.88.